The number of aromatic carboxylic acids is 1. The molecule has 0 aliphatic carbocycles. The Kier molecular flexibility index (Phi) is 4.04. The minimum Gasteiger partial charge on any atom is -0.506 e. The van der Waals surface area contributed by atoms with Crippen molar-refractivity contribution in [1.82, 2.24) is 14.9 Å². The van der Waals surface area contributed by atoms with E-state index in [1.165, 1.54) is 5.69 Å². The normalized spacial score (nSPS) is 16.0. The summed E-state index contributed by atoms with van der Waals surface area (Å²) in [6.07, 6.45) is 1.36. The first-order valence-electron chi connectivity index (χ1n) is 8.95. The molecular weight excluding hydrogens is 346 g/mol. The highest BCUT2D eigenvalue weighted by Gasteiger charge is 2.24. The van der Waals surface area contributed by atoms with Gasteiger partial charge < -0.3 is 25.1 Å². The third-order valence-corrected chi connectivity index (χ3v) is 5.40. The third kappa shape index (κ3) is 2.62. The van der Waals surface area contributed by atoms with Crippen molar-refractivity contribution in [2.45, 2.75) is 32.4 Å². The Morgan fingerprint density at radius 3 is 2.81 bits per heavy atom. The van der Waals surface area contributed by atoms with Crippen LogP contribution in [0, 0.1) is 0 Å². The predicted octanol–water partition coefficient (Wildman–Crippen LogP) is 2.11. The number of fused-ring (bicyclic) bond motifs is 3. The standard InChI is InChI=1S/C20H21N3O4/c1-3-14-17(22-19(25)16(18(14)24)20(26)27)10-4-5-15-11(6-10)7-13-8-12(21-2)9-23(13)15/h4-7,12,21H,3,8-9H2,1-2H3,(H,26,27)(H2,22,24,25). The average Bonchev–Trinajstić information content (AvgIpc) is 3.17. The molecule has 4 rings (SSSR count). The molecule has 1 aliphatic heterocycles. The van der Waals surface area contributed by atoms with Gasteiger partial charge in [0.25, 0.3) is 5.56 Å². The van der Waals surface area contributed by atoms with Gasteiger partial charge in [-0.3, -0.25) is 4.79 Å². The van der Waals surface area contributed by atoms with Crippen LogP contribution in [0.1, 0.15) is 28.5 Å². The Balaban J connectivity index is 1.86. The van der Waals surface area contributed by atoms with Gasteiger partial charge in [-0.05, 0) is 37.2 Å². The van der Waals surface area contributed by atoms with Crippen LogP contribution in [0.25, 0.3) is 22.2 Å². The summed E-state index contributed by atoms with van der Waals surface area (Å²) in [6, 6.07) is 8.45. The van der Waals surface area contributed by atoms with Gasteiger partial charge in [-0.15, -0.1) is 0 Å². The lowest BCUT2D eigenvalue weighted by Gasteiger charge is -2.13. The SMILES string of the molecule is CCc1c(-c2ccc3c(c2)cc2n3CC(NC)C2)[nH]c(=O)c(C(=O)O)c1O. The Labute approximate surface area is 155 Å². The van der Waals surface area contributed by atoms with Crippen molar-refractivity contribution in [3.8, 4) is 17.0 Å². The summed E-state index contributed by atoms with van der Waals surface area (Å²) in [7, 11) is 1.97. The van der Waals surface area contributed by atoms with E-state index in [4.69, 9.17) is 0 Å². The first-order valence-corrected chi connectivity index (χ1v) is 8.95. The number of benzene rings is 1. The summed E-state index contributed by atoms with van der Waals surface area (Å²) in [5.41, 5.74) is 2.60. The van der Waals surface area contributed by atoms with Gasteiger partial charge in [-0.25, -0.2) is 4.79 Å². The minimum atomic E-state index is -1.44. The zero-order chi connectivity index (χ0) is 19.3. The van der Waals surface area contributed by atoms with Gasteiger partial charge in [0.2, 0.25) is 0 Å². The molecule has 1 atom stereocenters. The Bertz CT molecular complexity index is 1130. The zero-order valence-electron chi connectivity index (χ0n) is 15.2. The summed E-state index contributed by atoms with van der Waals surface area (Å²) in [5, 5.41) is 23.9. The van der Waals surface area contributed by atoms with Crippen LogP contribution < -0.4 is 10.9 Å². The number of hydrogen-bond donors (Lipinski definition) is 4. The van der Waals surface area contributed by atoms with E-state index in [-0.39, 0.29) is 0 Å². The van der Waals surface area contributed by atoms with E-state index < -0.39 is 22.8 Å². The lowest BCUT2D eigenvalue weighted by atomic mass is 9.99. The molecule has 1 unspecified atom stereocenters. The molecule has 1 aliphatic rings. The molecule has 0 saturated heterocycles. The Morgan fingerprint density at radius 2 is 2.15 bits per heavy atom. The molecule has 0 radical (unpaired) electrons. The molecule has 27 heavy (non-hydrogen) atoms. The summed E-state index contributed by atoms with van der Waals surface area (Å²) in [4.78, 5) is 26.1. The molecule has 3 heterocycles. The molecule has 4 N–H and O–H groups in total. The number of carboxylic acids is 1. The first-order chi connectivity index (χ1) is 12.9. The van der Waals surface area contributed by atoms with E-state index in [0.29, 0.717) is 23.7 Å². The summed E-state index contributed by atoms with van der Waals surface area (Å²) in [6.45, 7) is 2.73. The molecule has 1 aromatic carbocycles. The van der Waals surface area contributed by atoms with Gasteiger partial charge in [0, 0.05) is 41.2 Å². The topological polar surface area (TPSA) is 107 Å². The van der Waals surface area contributed by atoms with E-state index in [1.807, 2.05) is 32.2 Å². The van der Waals surface area contributed by atoms with Crippen LogP contribution in [0.4, 0.5) is 0 Å². The second-order valence-corrected chi connectivity index (χ2v) is 6.90. The van der Waals surface area contributed by atoms with Crippen molar-refractivity contribution < 1.29 is 15.0 Å². The second kappa shape index (κ2) is 6.28. The van der Waals surface area contributed by atoms with E-state index >= 15 is 0 Å². The van der Waals surface area contributed by atoms with Crippen molar-refractivity contribution in [3.05, 3.63) is 51.4 Å². The smallest absolute Gasteiger partial charge is 0.345 e. The van der Waals surface area contributed by atoms with Crippen molar-refractivity contribution in [2.75, 3.05) is 7.05 Å². The maximum Gasteiger partial charge on any atom is 0.345 e. The van der Waals surface area contributed by atoms with E-state index in [0.717, 1.165) is 29.4 Å². The van der Waals surface area contributed by atoms with Crippen LogP contribution in [0.2, 0.25) is 0 Å². The third-order valence-electron chi connectivity index (χ3n) is 5.40. The first kappa shape index (κ1) is 17.4. The highest BCUT2D eigenvalue weighted by Crippen LogP contribution is 2.33. The molecule has 0 bridgehead atoms. The highest BCUT2D eigenvalue weighted by molar-refractivity contribution is 5.92. The lowest BCUT2D eigenvalue weighted by molar-refractivity contribution is 0.0691. The van der Waals surface area contributed by atoms with Gasteiger partial charge in [0.15, 0.2) is 5.56 Å². The number of aromatic amines is 1. The number of aromatic nitrogens is 2. The summed E-state index contributed by atoms with van der Waals surface area (Å²) < 4.78 is 2.29. The number of rotatable bonds is 4. The van der Waals surface area contributed by atoms with Gasteiger partial charge in [0.1, 0.15) is 5.75 Å². The fraction of sp³-hybridized carbons (Fsp3) is 0.300. The fourth-order valence-corrected chi connectivity index (χ4v) is 4.02. The van der Waals surface area contributed by atoms with Crippen molar-refractivity contribution in [2.24, 2.45) is 0 Å². The van der Waals surface area contributed by atoms with Gasteiger partial charge in [-0.1, -0.05) is 13.0 Å². The average molecular weight is 367 g/mol. The zero-order valence-corrected chi connectivity index (χ0v) is 15.2. The monoisotopic (exact) mass is 367 g/mol. The number of hydrogen-bond acceptors (Lipinski definition) is 4. The summed E-state index contributed by atoms with van der Waals surface area (Å²) in [5.74, 6) is -1.89. The molecule has 7 heteroatoms. The number of aromatic hydroxyl groups is 1. The minimum absolute atomic E-state index is 0.395. The molecule has 0 spiro atoms. The van der Waals surface area contributed by atoms with Crippen molar-refractivity contribution in [1.29, 1.82) is 0 Å². The molecule has 0 amide bonds. The van der Waals surface area contributed by atoms with Crippen molar-refractivity contribution >= 4 is 16.9 Å². The molecule has 2 aromatic heterocycles. The van der Waals surface area contributed by atoms with E-state index in [2.05, 4.69) is 20.9 Å². The molecule has 0 fully saturated rings. The van der Waals surface area contributed by atoms with E-state index in [9.17, 15) is 19.8 Å². The van der Waals surface area contributed by atoms with Gasteiger partial charge in [0.05, 0.1) is 5.69 Å². The van der Waals surface area contributed by atoms with Crippen LogP contribution in [0.15, 0.2) is 29.1 Å². The second-order valence-electron chi connectivity index (χ2n) is 6.90. The fourth-order valence-electron chi connectivity index (χ4n) is 4.02. The van der Waals surface area contributed by atoms with Gasteiger partial charge >= 0.3 is 5.97 Å². The number of nitrogens with one attached hydrogen (secondary N) is 2. The number of H-pyrrole nitrogens is 1. The van der Waals surface area contributed by atoms with Crippen LogP contribution in [0.3, 0.4) is 0 Å². The van der Waals surface area contributed by atoms with Crippen LogP contribution in [0.5, 0.6) is 5.75 Å². The molecule has 0 saturated carbocycles. The lowest BCUT2D eigenvalue weighted by Crippen LogP contribution is -2.26. The molecule has 3 aromatic rings. The number of pyridine rings is 1. The Morgan fingerprint density at radius 1 is 1.37 bits per heavy atom. The quantitative estimate of drug-likeness (QED) is 0.565. The highest BCUT2D eigenvalue weighted by atomic mass is 16.4. The Hall–Kier alpha value is -3.06. The summed E-state index contributed by atoms with van der Waals surface area (Å²) >= 11 is 0. The number of carboxylic acid groups (broad SMARTS) is 1. The van der Waals surface area contributed by atoms with Crippen molar-refractivity contribution in [3.63, 3.8) is 0 Å². The predicted molar refractivity (Wildman–Crippen MR) is 103 cm³/mol. The largest absolute Gasteiger partial charge is 0.506 e. The molecule has 140 valence electrons. The van der Waals surface area contributed by atoms with E-state index in [1.54, 1.807) is 0 Å². The van der Waals surface area contributed by atoms with Crippen LogP contribution >= 0.6 is 0 Å². The number of carbonyl (C=O) groups is 1. The maximum atomic E-state index is 12.2. The molecule has 7 nitrogen and oxygen atoms in total. The van der Waals surface area contributed by atoms with Gasteiger partial charge in [-0.2, -0.15) is 0 Å². The molecular formula is C20H21N3O4. The number of likely N-dealkylation sites (N-methyl/N-ethyl adjacent to an activating group) is 1. The maximum absolute atomic E-state index is 12.2. The van der Waals surface area contributed by atoms with Crippen LogP contribution in [-0.4, -0.2) is 38.8 Å². The van der Waals surface area contributed by atoms with Crippen LogP contribution in [-0.2, 0) is 19.4 Å². The number of nitrogens with zero attached hydrogens (tertiary/aromatic N) is 1.